The molecule has 5 nitrogen and oxygen atoms in total. The van der Waals surface area contributed by atoms with Gasteiger partial charge in [-0.25, -0.2) is 4.98 Å². The zero-order chi connectivity index (χ0) is 13.0. The van der Waals surface area contributed by atoms with Crippen LogP contribution < -0.4 is 5.32 Å². The molecule has 1 heterocycles. The standard InChI is InChI=1S/C13H14N2O3/c1-9-8-15-13(18-9)12(17)14-7-6-10-2-4-11(16)5-3-10/h2-5,8,16H,6-7H2,1H3,(H,14,17). The van der Waals surface area contributed by atoms with Crippen molar-refractivity contribution >= 4 is 5.91 Å². The van der Waals surface area contributed by atoms with Gasteiger partial charge in [0.15, 0.2) is 0 Å². The van der Waals surface area contributed by atoms with Gasteiger partial charge in [-0.15, -0.1) is 0 Å². The van der Waals surface area contributed by atoms with Crippen molar-refractivity contribution in [1.29, 1.82) is 0 Å². The molecule has 2 rings (SSSR count). The minimum absolute atomic E-state index is 0.0817. The van der Waals surface area contributed by atoms with Crippen LogP contribution in [0.5, 0.6) is 5.75 Å². The molecule has 1 amide bonds. The van der Waals surface area contributed by atoms with E-state index >= 15 is 0 Å². The Kier molecular flexibility index (Phi) is 3.62. The van der Waals surface area contributed by atoms with Gasteiger partial charge in [-0.1, -0.05) is 12.1 Å². The third-order valence-corrected chi connectivity index (χ3v) is 2.45. The summed E-state index contributed by atoms with van der Waals surface area (Å²) >= 11 is 0. The molecule has 0 bridgehead atoms. The van der Waals surface area contributed by atoms with Crippen LogP contribution in [0.15, 0.2) is 34.9 Å². The first-order valence-corrected chi connectivity index (χ1v) is 5.63. The molecule has 0 spiro atoms. The molecule has 0 saturated carbocycles. The summed E-state index contributed by atoms with van der Waals surface area (Å²) in [6.45, 7) is 2.23. The number of aromatic hydroxyl groups is 1. The predicted molar refractivity (Wildman–Crippen MR) is 65.4 cm³/mol. The van der Waals surface area contributed by atoms with E-state index in [0.717, 1.165) is 5.56 Å². The number of aryl methyl sites for hydroxylation is 1. The molecule has 1 aromatic carbocycles. The summed E-state index contributed by atoms with van der Waals surface area (Å²) in [7, 11) is 0. The Bertz CT molecular complexity index is 531. The third-order valence-electron chi connectivity index (χ3n) is 2.45. The van der Waals surface area contributed by atoms with Gasteiger partial charge in [0.2, 0.25) is 0 Å². The van der Waals surface area contributed by atoms with Gasteiger partial charge in [-0.3, -0.25) is 4.79 Å². The first kappa shape index (κ1) is 12.2. The molecule has 0 unspecified atom stereocenters. The molecule has 0 fully saturated rings. The minimum atomic E-state index is -0.318. The van der Waals surface area contributed by atoms with Crippen LogP contribution in [0.3, 0.4) is 0 Å². The Balaban J connectivity index is 1.82. The molecule has 0 radical (unpaired) electrons. The fourth-order valence-corrected chi connectivity index (χ4v) is 1.52. The lowest BCUT2D eigenvalue weighted by atomic mass is 10.1. The van der Waals surface area contributed by atoms with Gasteiger partial charge in [-0.05, 0) is 31.0 Å². The Morgan fingerprint density at radius 3 is 2.72 bits per heavy atom. The van der Waals surface area contributed by atoms with Crippen LogP contribution in [-0.4, -0.2) is 22.5 Å². The number of rotatable bonds is 4. The van der Waals surface area contributed by atoms with E-state index in [9.17, 15) is 4.79 Å². The van der Waals surface area contributed by atoms with E-state index in [0.29, 0.717) is 18.7 Å². The van der Waals surface area contributed by atoms with Crippen LogP contribution in [0, 0.1) is 6.92 Å². The third kappa shape index (κ3) is 3.10. The summed E-state index contributed by atoms with van der Waals surface area (Å²) in [5.41, 5.74) is 1.04. The van der Waals surface area contributed by atoms with Crippen molar-refractivity contribution in [3.8, 4) is 5.75 Å². The molecule has 0 saturated heterocycles. The smallest absolute Gasteiger partial charge is 0.307 e. The second-order valence-corrected chi connectivity index (χ2v) is 3.95. The molecule has 94 valence electrons. The van der Waals surface area contributed by atoms with E-state index in [4.69, 9.17) is 9.52 Å². The highest BCUT2D eigenvalue weighted by atomic mass is 16.4. The van der Waals surface area contributed by atoms with Crippen LogP contribution in [-0.2, 0) is 6.42 Å². The van der Waals surface area contributed by atoms with Crippen LogP contribution in [0.25, 0.3) is 0 Å². The van der Waals surface area contributed by atoms with Crippen molar-refractivity contribution < 1.29 is 14.3 Å². The topological polar surface area (TPSA) is 75.4 Å². The number of phenols is 1. The molecule has 18 heavy (non-hydrogen) atoms. The summed E-state index contributed by atoms with van der Waals surface area (Å²) in [4.78, 5) is 15.4. The van der Waals surface area contributed by atoms with Gasteiger partial charge in [0.25, 0.3) is 5.89 Å². The summed E-state index contributed by atoms with van der Waals surface area (Å²) in [5.74, 6) is 0.608. The van der Waals surface area contributed by atoms with Crippen molar-refractivity contribution in [3.63, 3.8) is 0 Å². The van der Waals surface area contributed by atoms with Gasteiger partial charge in [0.05, 0.1) is 6.20 Å². The fraction of sp³-hybridized carbons (Fsp3) is 0.231. The Morgan fingerprint density at radius 2 is 2.11 bits per heavy atom. The Morgan fingerprint density at radius 1 is 1.39 bits per heavy atom. The highest BCUT2D eigenvalue weighted by Crippen LogP contribution is 2.09. The Labute approximate surface area is 104 Å². The largest absolute Gasteiger partial charge is 0.508 e. The van der Waals surface area contributed by atoms with Crippen molar-refractivity contribution in [1.82, 2.24) is 10.3 Å². The van der Waals surface area contributed by atoms with E-state index in [1.165, 1.54) is 6.20 Å². The molecule has 0 atom stereocenters. The maximum Gasteiger partial charge on any atom is 0.307 e. The summed E-state index contributed by atoms with van der Waals surface area (Å²) in [6.07, 6.45) is 2.20. The maximum absolute atomic E-state index is 11.6. The highest BCUT2D eigenvalue weighted by Gasteiger charge is 2.10. The average molecular weight is 246 g/mol. The first-order chi connectivity index (χ1) is 8.65. The lowest BCUT2D eigenvalue weighted by Crippen LogP contribution is -2.25. The normalized spacial score (nSPS) is 10.3. The number of amides is 1. The first-order valence-electron chi connectivity index (χ1n) is 5.63. The van der Waals surface area contributed by atoms with Gasteiger partial charge in [-0.2, -0.15) is 0 Å². The molecule has 2 N–H and O–H groups in total. The van der Waals surface area contributed by atoms with Gasteiger partial charge in [0.1, 0.15) is 11.5 Å². The highest BCUT2D eigenvalue weighted by molar-refractivity contribution is 5.89. The number of phenolic OH excluding ortho intramolecular Hbond substituents is 1. The van der Waals surface area contributed by atoms with Crippen LogP contribution in [0.4, 0.5) is 0 Å². The lowest BCUT2D eigenvalue weighted by molar-refractivity contribution is 0.0918. The molecular weight excluding hydrogens is 232 g/mol. The van der Waals surface area contributed by atoms with Crippen molar-refractivity contribution in [2.24, 2.45) is 0 Å². The maximum atomic E-state index is 11.6. The zero-order valence-corrected chi connectivity index (χ0v) is 10.0. The Hall–Kier alpha value is -2.30. The molecule has 0 aliphatic carbocycles. The molecular formula is C13H14N2O3. The van der Waals surface area contributed by atoms with Crippen LogP contribution >= 0.6 is 0 Å². The number of carbonyl (C=O) groups is 1. The van der Waals surface area contributed by atoms with E-state index < -0.39 is 0 Å². The van der Waals surface area contributed by atoms with Gasteiger partial charge in [0, 0.05) is 6.54 Å². The second-order valence-electron chi connectivity index (χ2n) is 3.95. The van der Waals surface area contributed by atoms with Crippen LogP contribution in [0.2, 0.25) is 0 Å². The van der Waals surface area contributed by atoms with E-state index in [2.05, 4.69) is 10.3 Å². The zero-order valence-electron chi connectivity index (χ0n) is 10.0. The fourth-order valence-electron chi connectivity index (χ4n) is 1.52. The molecule has 1 aromatic heterocycles. The quantitative estimate of drug-likeness (QED) is 0.860. The van der Waals surface area contributed by atoms with Crippen molar-refractivity contribution in [2.45, 2.75) is 13.3 Å². The molecule has 5 heteroatoms. The van der Waals surface area contributed by atoms with E-state index in [1.54, 1.807) is 19.1 Å². The number of oxazole rings is 1. The molecule has 0 aliphatic rings. The lowest BCUT2D eigenvalue weighted by Gasteiger charge is -2.03. The molecule has 0 aliphatic heterocycles. The second kappa shape index (κ2) is 5.35. The predicted octanol–water partition coefficient (Wildman–Crippen LogP) is 1.66. The summed E-state index contributed by atoms with van der Waals surface area (Å²) in [6, 6.07) is 6.87. The summed E-state index contributed by atoms with van der Waals surface area (Å²) in [5, 5.41) is 11.8. The van der Waals surface area contributed by atoms with E-state index in [1.807, 2.05) is 12.1 Å². The van der Waals surface area contributed by atoms with Crippen molar-refractivity contribution in [2.75, 3.05) is 6.54 Å². The minimum Gasteiger partial charge on any atom is -0.508 e. The SMILES string of the molecule is Cc1cnc(C(=O)NCCc2ccc(O)cc2)o1. The molecule has 2 aromatic rings. The average Bonchev–Trinajstić information content (AvgIpc) is 2.78. The number of nitrogens with one attached hydrogen (secondary N) is 1. The number of benzene rings is 1. The summed E-state index contributed by atoms with van der Waals surface area (Å²) < 4.78 is 5.11. The van der Waals surface area contributed by atoms with Gasteiger partial charge < -0.3 is 14.8 Å². The number of aromatic nitrogens is 1. The number of hydrogen-bond acceptors (Lipinski definition) is 4. The van der Waals surface area contributed by atoms with Gasteiger partial charge >= 0.3 is 5.91 Å². The van der Waals surface area contributed by atoms with Crippen molar-refractivity contribution in [3.05, 3.63) is 47.7 Å². The van der Waals surface area contributed by atoms with Crippen LogP contribution in [0.1, 0.15) is 22.0 Å². The number of nitrogens with zero attached hydrogens (tertiary/aromatic N) is 1. The van der Waals surface area contributed by atoms with E-state index in [-0.39, 0.29) is 17.5 Å². The monoisotopic (exact) mass is 246 g/mol. The number of carbonyl (C=O) groups excluding carboxylic acids is 1. The number of hydrogen-bond donors (Lipinski definition) is 2.